The fourth-order valence-corrected chi connectivity index (χ4v) is 1.75. The van der Waals surface area contributed by atoms with Crippen LogP contribution < -0.4 is 4.74 Å². The number of hydrogen-bond acceptors (Lipinski definition) is 5. The maximum Gasteiger partial charge on any atom is 0.415 e. The third-order valence-electron chi connectivity index (χ3n) is 2.75. The van der Waals surface area contributed by atoms with E-state index in [-0.39, 0.29) is 18.0 Å². The summed E-state index contributed by atoms with van der Waals surface area (Å²) in [6.07, 6.45) is -7.16. The maximum absolute atomic E-state index is 12.2. The summed E-state index contributed by atoms with van der Waals surface area (Å²) >= 11 is 0. The molecule has 118 valence electrons. The summed E-state index contributed by atoms with van der Waals surface area (Å²) in [5.41, 5.74) is 0.180. The fourth-order valence-electron chi connectivity index (χ4n) is 1.75. The van der Waals surface area contributed by atoms with Gasteiger partial charge in [-0.3, -0.25) is 15.0 Å². The molecule has 1 rings (SSSR count). The molecule has 0 aliphatic carbocycles. The van der Waals surface area contributed by atoms with Crippen molar-refractivity contribution in [2.24, 2.45) is 0 Å². The van der Waals surface area contributed by atoms with Crippen molar-refractivity contribution in [3.63, 3.8) is 0 Å². The summed E-state index contributed by atoms with van der Waals surface area (Å²) in [4.78, 5) is 11.4. The van der Waals surface area contributed by atoms with Crippen molar-refractivity contribution >= 4 is 5.69 Å². The highest BCUT2D eigenvalue weighted by atomic mass is 19.4. The molecule has 1 aromatic carbocycles. The second-order valence-corrected chi connectivity index (χ2v) is 4.52. The van der Waals surface area contributed by atoms with Gasteiger partial charge >= 0.3 is 11.9 Å². The van der Waals surface area contributed by atoms with E-state index in [0.717, 1.165) is 0 Å². The normalized spacial score (nSPS) is 13.3. The quantitative estimate of drug-likeness (QED) is 0.642. The molecule has 21 heavy (non-hydrogen) atoms. The predicted molar refractivity (Wildman–Crippen MR) is 68.0 cm³/mol. The average Bonchev–Trinajstić information content (AvgIpc) is 2.37. The topological polar surface area (TPSA) is 75.8 Å². The largest absolute Gasteiger partial charge is 0.490 e. The minimum absolute atomic E-state index is 0.0258. The first kappa shape index (κ1) is 17.2. The monoisotopic (exact) mass is 308 g/mol. The summed E-state index contributed by atoms with van der Waals surface area (Å²) in [5, 5.41) is 19.8. The van der Waals surface area contributed by atoms with Gasteiger partial charge in [0.25, 0.3) is 0 Å². The molecule has 1 aromatic rings. The lowest BCUT2D eigenvalue weighted by atomic mass is 10.1. The number of aliphatic hydroxyl groups excluding tert-OH is 1. The Kier molecular flexibility index (Phi) is 5.50. The van der Waals surface area contributed by atoms with Gasteiger partial charge in [0.15, 0.2) is 11.9 Å². The molecule has 0 aliphatic heterocycles. The van der Waals surface area contributed by atoms with Crippen LogP contribution in [-0.4, -0.2) is 47.9 Å². The summed E-state index contributed by atoms with van der Waals surface area (Å²) in [5.74, 6) is 0.0710. The lowest BCUT2D eigenvalue weighted by Gasteiger charge is -2.22. The predicted octanol–water partition coefficient (Wildman–Crippen LogP) is 1.96. The Morgan fingerprint density at radius 1 is 1.48 bits per heavy atom. The van der Waals surface area contributed by atoms with Crippen LogP contribution in [0.2, 0.25) is 0 Å². The highest BCUT2D eigenvalue weighted by Gasteiger charge is 2.38. The summed E-state index contributed by atoms with van der Waals surface area (Å²) < 4.78 is 41.5. The van der Waals surface area contributed by atoms with Crippen LogP contribution in [0.3, 0.4) is 0 Å². The van der Waals surface area contributed by atoms with Gasteiger partial charge in [0.1, 0.15) is 0 Å². The van der Waals surface area contributed by atoms with E-state index in [9.17, 15) is 23.3 Å². The SMILES string of the molecule is COc1ccc(CN(C)CC(O)C(F)(F)F)cc1[N+](=O)[O-]. The van der Waals surface area contributed by atoms with Crippen molar-refractivity contribution in [3.05, 3.63) is 33.9 Å². The molecule has 0 fully saturated rings. The minimum Gasteiger partial charge on any atom is -0.490 e. The highest BCUT2D eigenvalue weighted by molar-refractivity contribution is 5.48. The first-order valence-corrected chi connectivity index (χ1v) is 5.89. The molecule has 0 aliphatic rings. The van der Waals surface area contributed by atoms with E-state index in [4.69, 9.17) is 9.84 Å². The molecule has 0 spiro atoms. The van der Waals surface area contributed by atoms with E-state index < -0.39 is 23.7 Å². The Labute approximate surface area is 118 Å². The molecule has 1 unspecified atom stereocenters. The first-order valence-electron chi connectivity index (χ1n) is 5.89. The number of rotatable bonds is 6. The van der Waals surface area contributed by atoms with E-state index in [1.807, 2.05) is 0 Å². The molecule has 0 amide bonds. The molecule has 0 aromatic heterocycles. The Balaban J connectivity index is 2.79. The van der Waals surface area contributed by atoms with Crippen LogP contribution in [0, 0.1) is 10.1 Å². The second-order valence-electron chi connectivity index (χ2n) is 4.52. The molecule has 1 atom stereocenters. The number of halogens is 3. The van der Waals surface area contributed by atoms with Crippen molar-refractivity contribution in [3.8, 4) is 5.75 Å². The average molecular weight is 308 g/mol. The van der Waals surface area contributed by atoms with Crippen LogP contribution in [0.5, 0.6) is 5.75 Å². The third-order valence-corrected chi connectivity index (χ3v) is 2.75. The first-order chi connectivity index (χ1) is 9.65. The van der Waals surface area contributed by atoms with Crippen LogP contribution >= 0.6 is 0 Å². The number of methoxy groups -OCH3 is 1. The highest BCUT2D eigenvalue weighted by Crippen LogP contribution is 2.28. The Bertz CT molecular complexity index is 508. The molecule has 0 radical (unpaired) electrons. The molecule has 6 nitrogen and oxygen atoms in total. The number of alkyl halides is 3. The van der Waals surface area contributed by atoms with E-state index in [2.05, 4.69) is 0 Å². The van der Waals surface area contributed by atoms with Gasteiger partial charge in [0.05, 0.1) is 12.0 Å². The van der Waals surface area contributed by atoms with Crippen molar-refractivity contribution in [1.82, 2.24) is 4.90 Å². The number of benzene rings is 1. The zero-order valence-electron chi connectivity index (χ0n) is 11.4. The van der Waals surface area contributed by atoms with E-state index in [1.165, 1.54) is 37.3 Å². The standard InChI is InChI=1S/C12H15F3N2O4/c1-16(7-11(18)12(13,14)15)6-8-3-4-10(21-2)9(5-8)17(19)20/h3-5,11,18H,6-7H2,1-2H3. The van der Waals surface area contributed by atoms with Crippen molar-refractivity contribution in [2.45, 2.75) is 18.8 Å². The number of likely N-dealkylation sites (N-methyl/N-ethyl adjacent to an activating group) is 1. The van der Waals surface area contributed by atoms with Crippen molar-refractivity contribution in [2.75, 3.05) is 20.7 Å². The lowest BCUT2D eigenvalue weighted by Crippen LogP contribution is -2.39. The molecule has 0 saturated heterocycles. The van der Waals surface area contributed by atoms with Gasteiger partial charge in [-0.05, 0) is 18.7 Å². The number of ether oxygens (including phenoxy) is 1. The summed E-state index contributed by atoms with van der Waals surface area (Å²) in [6.45, 7) is -0.596. The molecular formula is C12H15F3N2O4. The van der Waals surface area contributed by atoms with Gasteiger partial charge in [-0.1, -0.05) is 6.07 Å². The van der Waals surface area contributed by atoms with Gasteiger partial charge in [-0.15, -0.1) is 0 Å². The van der Waals surface area contributed by atoms with Crippen LogP contribution in [0.25, 0.3) is 0 Å². The molecular weight excluding hydrogens is 293 g/mol. The Morgan fingerprint density at radius 2 is 2.10 bits per heavy atom. The van der Waals surface area contributed by atoms with Gasteiger partial charge in [0.2, 0.25) is 0 Å². The van der Waals surface area contributed by atoms with Crippen molar-refractivity contribution in [1.29, 1.82) is 0 Å². The van der Waals surface area contributed by atoms with Crippen LogP contribution in [0.15, 0.2) is 18.2 Å². The number of nitrogens with zero attached hydrogens (tertiary/aromatic N) is 2. The molecule has 0 bridgehead atoms. The van der Waals surface area contributed by atoms with Crippen LogP contribution in [0.1, 0.15) is 5.56 Å². The number of nitro benzene ring substituents is 1. The van der Waals surface area contributed by atoms with Crippen LogP contribution in [-0.2, 0) is 6.54 Å². The number of nitro groups is 1. The molecule has 9 heteroatoms. The number of aliphatic hydroxyl groups is 1. The van der Waals surface area contributed by atoms with E-state index >= 15 is 0 Å². The van der Waals surface area contributed by atoms with Gasteiger partial charge < -0.3 is 9.84 Å². The zero-order chi connectivity index (χ0) is 16.2. The number of hydrogen-bond donors (Lipinski definition) is 1. The van der Waals surface area contributed by atoms with Gasteiger partial charge in [-0.2, -0.15) is 13.2 Å². The van der Waals surface area contributed by atoms with E-state index in [0.29, 0.717) is 5.56 Å². The van der Waals surface area contributed by atoms with Gasteiger partial charge in [-0.25, -0.2) is 0 Å². The lowest BCUT2D eigenvalue weighted by molar-refractivity contribution is -0.385. The molecule has 0 heterocycles. The second kappa shape index (κ2) is 6.72. The smallest absolute Gasteiger partial charge is 0.415 e. The maximum atomic E-state index is 12.2. The Morgan fingerprint density at radius 3 is 2.57 bits per heavy atom. The van der Waals surface area contributed by atoms with E-state index in [1.54, 1.807) is 0 Å². The molecule has 0 saturated carbocycles. The zero-order valence-corrected chi connectivity index (χ0v) is 11.4. The minimum atomic E-state index is -4.69. The summed E-state index contributed by atoms with van der Waals surface area (Å²) in [6, 6.07) is 4.12. The van der Waals surface area contributed by atoms with Crippen molar-refractivity contribution < 1.29 is 27.9 Å². The third kappa shape index (κ3) is 4.87. The summed E-state index contributed by atoms with van der Waals surface area (Å²) in [7, 11) is 2.67. The van der Waals surface area contributed by atoms with Crippen LogP contribution in [0.4, 0.5) is 18.9 Å². The fraction of sp³-hybridized carbons (Fsp3) is 0.500. The Hall–Kier alpha value is -1.87. The van der Waals surface area contributed by atoms with Gasteiger partial charge in [0, 0.05) is 19.2 Å². The molecule has 1 N–H and O–H groups in total.